The third kappa shape index (κ3) is 4.50. The molecule has 19 heavy (non-hydrogen) atoms. The number of nitriles is 1. The van der Waals surface area contributed by atoms with Crippen molar-refractivity contribution in [2.75, 3.05) is 6.54 Å². The van der Waals surface area contributed by atoms with Crippen molar-refractivity contribution in [3.05, 3.63) is 35.4 Å². The molecule has 3 nitrogen and oxygen atoms in total. The Kier molecular flexibility index (Phi) is 5.72. The van der Waals surface area contributed by atoms with Gasteiger partial charge in [-0.1, -0.05) is 39.8 Å². The first-order valence-corrected chi connectivity index (χ1v) is 6.73. The minimum atomic E-state index is -0.143. The molecule has 1 aromatic rings. The molecule has 0 fully saturated rings. The van der Waals surface area contributed by atoms with Crippen LogP contribution in [0, 0.1) is 17.2 Å². The number of carbonyl (C=O) groups excluding carboxylic acids is 1. The summed E-state index contributed by atoms with van der Waals surface area (Å²) in [5.41, 5.74) is 1.60. The van der Waals surface area contributed by atoms with E-state index < -0.39 is 0 Å². The Morgan fingerprint density at radius 1 is 1.21 bits per heavy atom. The highest BCUT2D eigenvalue weighted by atomic mass is 16.1. The van der Waals surface area contributed by atoms with Gasteiger partial charge in [0, 0.05) is 18.5 Å². The lowest BCUT2D eigenvalue weighted by Crippen LogP contribution is -2.33. The van der Waals surface area contributed by atoms with Crippen molar-refractivity contribution in [2.24, 2.45) is 5.92 Å². The number of nitrogens with one attached hydrogen (secondary N) is 1. The molecule has 1 aromatic carbocycles. The lowest BCUT2D eigenvalue weighted by atomic mass is 9.88. The molecule has 0 saturated heterocycles. The van der Waals surface area contributed by atoms with E-state index in [4.69, 9.17) is 5.26 Å². The van der Waals surface area contributed by atoms with Crippen LogP contribution < -0.4 is 5.32 Å². The molecule has 0 radical (unpaired) electrons. The summed E-state index contributed by atoms with van der Waals surface area (Å²) in [5, 5.41) is 12.1. The van der Waals surface area contributed by atoms with E-state index in [-0.39, 0.29) is 17.6 Å². The largest absolute Gasteiger partial charge is 0.313 e. The first-order chi connectivity index (χ1) is 8.95. The maximum absolute atomic E-state index is 12.3. The van der Waals surface area contributed by atoms with E-state index in [9.17, 15) is 4.79 Å². The summed E-state index contributed by atoms with van der Waals surface area (Å²) >= 11 is 0. The number of benzene rings is 1. The molecule has 0 aliphatic heterocycles. The Morgan fingerprint density at radius 3 is 2.21 bits per heavy atom. The highest BCUT2D eigenvalue weighted by Crippen LogP contribution is 2.20. The second kappa shape index (κ2) is 7.06. The predicted molar refractivity (Wildman–Crippen MR) is 76.9 cm³/mol. The van der Waals surface area contributed by atoms with Gasteiger partial charge in [-0.25, -0.2) is 0 Å². The molecule has 1 unspecified atom stereocenters. The Bertz CT molecular complexity index is 455. The topological polar surface area (TPSA) is 52.9 Å². The Hall–Kier alpha value is -1.66. The van der Waals surface area contributed by atoms with Gasteiger partial charge >= 0.3 is 0 Å². The van der Waals surface area contributed by atoms with Gasteiger partial charge in [-0.05, 0) is 17.7 Å². The van der Waals surface area contributed by atoms with Crippen LogP contribution in [0.2, 0.25) is 0 Å². The van der Waals surface area contributed by atoms with E-state index in [1.54, 1.807) is 12.1 Å². The van der Waals surface area contributed by atoms with Crippen LogP contribution >= 0.6 is 0 Å². The summed E-state index contributed by atoms with van der Waals surface area (Å²) < 4.78 is 0. The van der Waals surface area contributed by atoms with Crippen molar-refractivity contribution in [3.63, 3.8) is 0 Å². The third-order valence-electron chi connectivity index (χ3n) is 3.08. The number of ketones is 1. The van der Waals surface area contributed by atoms with Crippen LogP contribution in [0.15, 0.2) is 24.3 Å². The lowest BCUT2D eigenvalue weighted by molar-refractivity contribution is -0.123. The maximum atomic E-state index is 12.3. The third-order valence-corrected chi connectivity index (χ3v) is 3.08. The fourth-order valence-electron chi connectivity index (χ4n) is 1.93. The smallest absolute Gasteiger partial charge is 0.144 e. The number of hydrogen-bond acceptors (Lipinski definition) is 3. The molecule has 0 bridgehead atoms. The van der Waals surface area contributed by atoms with Crippen LogP contribution in [0.4, 0.5) is 0 Å². The fourth-order valence-corrected chi connectivity index (χ4v) is 1.93. The molecule has 0 heterocycles. The molecule has 102 valence electrons. The number of nitrogens with zero attached hydrogens (tertiary/aromatic N) is 1. The van der Waals surface area contributed by atoms with Gasteiger partial charge in [-0.2, -0.15) is 5.26 Å². The first-order valence-electron chi connectivity index (χ1n) is 6.73. The predicted octanol–water partition coefficient (Wildman–Crippen LogP) is 2.86. The summed E-state index contributed by atoms with van der Waals surface area (Å²) in [5.74, 6) is 0.0996. The Balaban J connectivity index is 2.94. The van der Waals surface area contributed by atoms with Gasteiger partial charge in [0.2, 0.25) is 0 Å². The van der Waals surface area contributed by atoms with Crippen molar-refractivity contribution in [2.45, 2.75) is 39.7 Å². The van der Waals surface area contributed by atoms with E-state index in [0.29, 0.717) is 18.2 Å². The van der Waals surface area contributed by atoms with Gasteiger partial charge in [0.15, 0.2) is 0 Å². The molecule has 1 N–H and O–H groups in total. The number of hydrogen-bond donors (Lipinski definition) is 1. The Labute approximate surface area is 115 Å². The zero-order valence-corrected chi connectivity index (χ0v) is 12.1. The van der Waals surface area contributed by atoms with Gasteiger partial charge in [-0.15, -0.1) is 0 Å². The number of carbonyl (C=O) groups is 1. The van der Waals surface area contributed by atoms with Crippen LogP contribution in [0.25, 0.3) is 0 Å². The number of Topliss-reactive ketones (excluding diaryl/α,β-unsaturated/α-hetero) is 1. The summed E-state index contributed by atoms with van der Waals surface area (Å²) in [6.45, 7) is 8.62. The van der Waals surface area contributed by atoms with Gasteiger partial charge in [0.1, 0.15) is 5.78 Å². The van der Waals surface area contributed by atoms with E-state index in [2.05, 4.69) is 25.2 Å². The molecule has 0 aliphatic rings. The minimum absolute atomic E-state index is 0.00889. The van der Waals surface area contributed by atoms with Crippen LogP contribution in [0.1, 0.15) is 44.7 Å². The highest BCUT2D eigenvalue weighted by molar-refractivity contribution is 5.87. The Morgan fingerprint density at radius 2 is 1.79 bits per heavy atom. The van der Waals surface area contributed by atoms with Crippen LogP contribution in [-0.4, -0.2) is 18.4 Å². The molecule has 0 aliphatic carbocycles. The van der Waals surface area contributed by atoms with E-state index in [1.165, 1.54) is 0 Å². The van der Waals surface area contributed by atoms with Crippen molar-refractivity contribution in [1.29, 1.82) is 5.26 Å². The standard InChI is InChI=1S/C16H22N2O/c1-11(2)16(19)15(10-18-12(3)4)14-7-5-13(9-17)6-8-14/h5-8,11-12,15,18H,10H2,1-4H3. The average molecular weight is 258 g/mol. The van der Waals surface area contributed by atoms with Crippen LogP contribution in [0.5, 0.6) is 0 Å². The molecular weight excluding hydrogens is 236 g/mol. The van der Waals surface area contributed by atoms with E-state index in [0.717, 1.165) is 5.56 Å². The second-order valence-electron chi connectivity index (χ2n) is 5.41. The molecule has 0 amide bonds. The first kappa shape index (κ1) is 15.4. The van der Waals surface area contributed by atoms with Crippen molar-refractivity contribution in [3.8, 4) is 6.07 Å². The van der Waals surface area contributed by atoms with E-state index >= 15 is 0 Å². The molecule has 1 atom stereocenters. The van der Waals surface area contributed by atoms with Crippen LogP contribution in [-0.2, 0) is 4.79 Å². The molecular formula is C16H22N2O. The van der Waals surface area contributed by atoms with Crippen molar-refractivity contribution < 1.29 is 4.79 Å². The van der Waals surface area contributed by atoms with Gasteiger partial charge in [0.25, 0.3) is 0 Å². The quantitative estimate of drug-likeness (QED) is 0.853. The number of rotatable bonds is 6. The van der Waals surface area contributed by atoms with Gasteiger partial charge in [0.05, 0.1) is 17.6 Å². The average Bonchev–Trinajstić information content (AvgIpc) is 2.39. The minimum Gasteiger partial charge on any atom is -0.313 e. The molecule has 0 saturated carbocycles. The van der Waals surface area contributed by atoms with Crippen LogP contribution in [0.3, 0.4) is 0 Å². The summed E-state index contributed by atoms with van der Waals surface area (Å²) in [4.78, 5) is 12.3. The second-order valence-corrected chi connectivity index (χ2v) is 5.41. The van der Waals surface area contributed by atoms with E-state index in [1.807, 2.05) is 26.0 Å². The highest BCUT2D eigenvalue weighted by Gasteiger charge is 2.23. The SMILES string of the molecule is CC(C)NCC(C(=O)C(C)C)c1ccc(C#N)cc1. The van der Waals surface area contributed by atoms with Crippen molar-refractivity contribution in [1.82, 2.24) is 5.32 Å². The molecule has 0 aromatic heterocycles. The summed E-state index contributed by atoms with van der Waals surface area (Å²) in [6, 6.07) is 9.74. The molecule has 0 spiro atoms. The van der Waals surface area contributed by atoms with Gasteiger partial charge in [-0.3, -0.25) is 4.79 Å². The molecule has 1 rings (SSSR count). The lowest BCUT2D eigenvalue weighted by Gasteiger charge is -2.20. The fraction of sp³-hybridized carbons (Fsp3) is 0.500. The van der Waals surface area contributed by atoms with Gasteiger partial charge < -0.3 is 5.32 Å². The summed E-state index contributed by atoms with van der Waals surface area (Å²) in [7, 11) is 0. The van der Waals surface area contributed by atoms with Crippen molar-refractivity contribution >= 4 is 5.78 Å². The molecule has 3 heteroatoms. The summed E-state index contributed by atoms with van der Waals surface area (Å²) in [6.07, 6.45) is 0. The zero-order chi connectivity index (χ0) is 14.4. The monoisotopic (exact) mass is 258 g/mol. The normalized spacial score (nSPS) is 12.5. The maximum Gasteiger partial charge on any atom is 0.144 e. The zero-order valence-electron chi connectivity index (χ0n) is 12.1.